The molecule has 0 bridgehead atoms. The van der Waals surface area contributed by atoms with E-state index >= 15 is 0 Å². The van der Waals surface area contributed by atoms with Gasteiger partial charge in [-0.3, -0.25) is 0 Å². The molecule has 3 aromatic rings. The minimum atomic E-state index is 0.361. The summed E-state index contributed by atoms with van der Waals surface area (Å²) in [4.78, 5) is 0. The summed E-state index contributed by atoms with van der Waals surface area (Å²) in [6.07, 6.45) is 0. The quantitative estimate of drug-likeness (QED) is 0.727. The van der Waals surface area contributed by atoms with E-state index in [1.165, 1.54) is 0 Å². The Morgan fingerprint density at radius 2 is 1.92 bits per heavy atom. The summed E-state index contributed by atoms with van der Waals surface area (Å²) in [5.74, 6) is 2.22. The SMILES string of the molecule is COc1ccc(NCc2nnc(-c3ccccc3Cl)o2)c(OC)c1. The van der Waals surface area contributed by atoms with Crippen molar-refractivity contribution in [2.75, 3.05) is 19.5 Å². The third kappa shape index (κ3) is 3.44. The number of anilines is 1. The summed E-state index contributed by atoms with van der Waals surface area (Å²) in [6, 6.07) is 12.8. The first kappa shape index (κ1) is 16.1. The Kier molecular flexibility index (Phi) is 4.86. The molecule has 1 aromatic heterocycles. The fourth-order valence-corrected chi connectivity index (χ4v) is 2.40. The molecule has 0 aliphatic rings. The van der Waals surface area contributed by atoms with Crippen LogP contribution in [0.5, 0.6) is 11.5 Å². The molecule has 7 heteroatoms. The second-order valence-corrected chi connectivity index (χ2v) is 5.31. The zero-order valence-corrected chi connectivity index (χ0v) is 14.0. The summed E-state index contributed by atoms with van der Waals surface area (Å²) in [7, 11) is 3.21. The van der Waals surface area contributed by atoms with Gasteiger partial charge in [0, 0.05) is 6.07 Å². The Morgan fingerprint density at radius 3 is 2.67 bits per heavy atom. The minimum absolute atomic E-state index is 0.361. The smallest absolute Gasteiger partial charge is 0.249 e. The Morgan fingerprint density at radius 1 is 1.08 bits per heavy atom. The first-order valence-corrected chi connectivity index (χ1v) is 7.62. The van der Waals surface area contributed by atoms with Crippen LogP contribution in [0, 0.1) is 0 Å². The van der Waals surface area contributed by atoms with Gasteiger partial charge in [-0.15, -0.1) is 10.2 Å². The molecule has 2 aromatic carbocycles. The van der Waals surface area contributed by atoms with Gasteiger partial charge in [-0.2, -0.15) is 0 Å². The number of hydrogen-bond acceptors (Lipinski definition) is 6. The monoisotopic (exact) mass is 345 g/mol. The molecule has 0 aliphatic carbocycles. The highest BCUT2D eigenvalue weighted by atomic mass is 35.5. The normalized spacial score (nSPS) is 10.5. The summed E-state index contributed by atoms with van der Waals surface area (Å²) in [5.41, 5.74) is 1.51. The van der Waals surface area contributed by atoms with Gasteiger partial charge in [-0.05, 0) is 24.3 Å². The molecule has 0 aliphatic heterocycles. The molecule has 0 fully saturated rings. The number of methoxy groups -OCH3 is 2. The number of ether oxygens (including phenoxy) is 2. The third-order valence-electron chi connectivity index (χ3n) is 3.41. The lowest BCUT2D eigenvalue weighted by atomic mass is 10.2. The largest absolute Gasteiger partial charge is 0.497 e. The fraction of sp³-hybridized carbons (Fsp3) is 0.176. The van der Waals surface area contributed by atoms with Gasteiger partial charge < -0.3 is 19.2 Å². The molecule has 0 radical (unpaired) electrons. The van der Waals surface area contributed by atoms with Gasteiger partial charge in [-0.25, -0.2) is 0 Å². The van der Waals surface area contributed by atoms with Gasteiger partial charge in [0.15, 0.2) is 0 Å². The highest BCUT2D eigenvalue weighted by Crippen LogP contribution is 2.30. The van der Waals surface area contributed by atoms with Crippen LogP contribution in [0.4, 0.5) is 5.69 Å². The van der Waals surface area contributed by atoms with E-state index in [1.54, 1.807) is 26.4 Å². The fourth-order valence-electron chi connectivity index (χ4n) is 2.18. The Balaban J connectivity index is 1.73. The maximum Gasteiger partial charge on any atom is 0.249 e. The molecule has 0 spiro atoms. The van der Waals surface area contributed by atoms with E-state index in [0.29, 0.717) is 34.7 Å². The van der Waals surface area contributed by atoms with Crippen molar-refractivity contribution in [2.45, 2.75) is 6.54 Å². The Labute approximate surface area is 144 Å². The number of aromatic nitrogens is 2. The number of benzene rings is 2. The van der Waals surface area contributed by atoms with Crippen molar-refractivity contribution >= 4 is 17.3 Å². The molecule has 0 saturated heterocycles. The van der Waals surface area contributed by atoms with Crippen molar-refractivity contribution in [3.8, 4) is 23.0 Å². The zero-order valence-electron chi connectivity index (χ0n) is 13.2. The number of rotatable bonds is 6. The van der Waals surface area contributed by atoms with Crippen LogP contribution in [0.3, 0.4) is 0 Å². The summed E-state index contributed by atoms with van der Waals surface area (Å²) in [5, 5.41) is 11.8. The van der Waals surface area contributed by atoms with Crippen molar-refractivity contribution in [3.63, 3.8) is 0 Å². The van der Waals surface area contributed by atoms with Crippen molar-refractivity contribution in [2.24, 2.45) is 0 Å². The van der Waals surface area contributed by atoms with Gasteiger partial charge in [0.25, 0.3) is 0 Å². The minimum Gasteiger partial charge on any atom is -0.497 e. The first-order chi connectivity index (χ1) is 11.7. The van der Waals surface area contributed by atoms with E-state index in [1.807, 2.05) is 30.3 Å². The predicted octanol–water partition coefficient (Wildman–Crippen LogP) is 4.02. The lowest BCUT2D eigenvalue weighted by molar-refractivity contribution is 0.395. The number of hydrogen-bond donors (Lipinski definition) is 1. The molecule has 6 nitrogen and oxygen atoms in total. The van der Waals surface area contributed by atoms with Gasteiger partial charge in [0.2, 0.25) is 11.8 Å². The Bertz CT molecular complexity index is 835. The van der Waals surface area contributed by atoms with Crippen LogP contribution in [0.2, 0.25) is 5.02 Å². The molecule has 0 saturated carbocycles. The average molecular weight is 346 g/mol. The molecule has 0 unspecified atom stereocenters. The van der Waals surface area contributed by atoms with Gasteiger partial charge in [0.05, 0.1) is 37.0 Å². The van der Waals surface area contributed by atoms with Crippen molar-refractivity contribution in [3.05, 3.63) is 53.4 Å². The molecular formula is C17H16ClN3O3. The predicted molar refractivity (Wildman–Crippen MR) is 91.6 cm³/mol. The van der Waals surface area contributed by atoms with E-state index in [-0.39, 0.29) is 0 Å². The van der Waals surface area contributed by atoms with E-state index in [9.17, 15) is 0 Å². The molecule has 3 rings (SSSR count). The summed E-state index contributed by atoms with van der Waals surface area (Å²) in [6.45, 7) is 0.361. The van der Waals surface area contributed by atoms with Crippen LogP contribution >= 0.6 is 11.6 Å². The average Bonchev–Trinajstić information content (AvgIpc) is 3.09. The first-order valence-electron chi connectivity index (χ1n) is 7.24. The second-order valence-electron chi connectivity index (χ2n) is 4.90. The standard InChI is InChI=1S/C17H16ClN3O3/c1-22-11-7-8-14(15(9-11)23-2)19-10-16-20-21-17(24-16)12-5-3-4-6-13(12)18/h3-9,19H,10H2,1-2H3. The molecule has 1 heterocycles. The van der Waals surface area contributed by atoms with E-state index in [0.717, 1.165) is 11.4 Å². The molecule has 0 amide bonds. The van der Waals surface area contributed by atoms with Crippen molar-refractivity contribution < 1.29 is 13.9 Å². The van der Waals surface area contributed by atoms with E-state index < -0.39 is 0 Å². The van der Waals surface area contributed by atoms with Crippen LogP contribution in [-0.2, 0) is 6.54 Å². The van der Waals surface area contributed by atoms with E-state index in [4.69, 9.17) is 25.5 Å². The highest BCUT2D eigenvalue weighted by molar-refractivity contribution is 6.33. The van der Waals surface area contributed by atoms with Gasteiger partial charge in [0.1, 0.15) is 11.5 Å². The summed E-state index contributed by atoms with van der Waals surface area (Å²) >= 11 is 6.14. The highest BCUT2D eigenvalue weighted by Gasteiger charge is 2.12. The third-order valence-corrected chi connectivity index (χ3v) is 3.74. The molecule has 24 heavy (non-hydrogen) atoms. The number of nitrogens with zero attached hydrogens (tertiary/aromatic N) is 2. The van der Waals surface area contributed by atoms with E-state index in [2.05, 4.69) is 15.5 Å². The zero-order chi connectivity index (χ0) is 16.9. The molecular weight excluding hydrogens is 330 g/mol. The van der Waals surface area contributed by atoms with Crippen LogP contribution in [0.1, 0.15) is 5.89 Å². The topological polar surface area (TPSA) is 69.4 Å². The van der Waals surface area contributed by atoms with Crippen LogP contribution in [-0.4, -0.2) is 24.4 Å². The van der Waals surface area contributed by atoms with Crippen LogP contribution in [0.15, 0.2) is 46.9 Å². The second kappa shape index (κ2) is 7.23. The van der Waals surface area contributed by atoms with Crippen LogP contribution in [0.25, 0.3) is 11.5 Å². The van der Waals surface area contributed by atoms with Gasteiger partial charge in [-0.1, -0.05) is 23.7 Å². The number of halogens is 1. The Hall–Kier alpha value is -2.73. The maximum atomic E-state index is 6.14. The van der Waals surface area contributed by atoms with Crippen molar-refractivity contribution in [1.29, 1.82) is 0 Å². The number of nitrogens with one attached hydrogen (secondary N) is 1. The molecule has 1 N–H and O–H groups in total. The lowest BCUT2D eigenvalue weighted by Gasteiger charge is -2.11. The van der Waals surface area contributed by atoms with Crippen molar-refractivity contribution in [1.82, 2.24) is 10.2 Å². The summed E-state index contributed by atoms with van der Waals surface area (Å²) < 4.78 is 16.2. The molecule has 124 valence electrons. The maximum absolute atomic E-state index is 6.14. The molecule has 0 atom stereocenters. The van der Waals surface area contributed by atoms with Gasteiger partial charge >= 0.3 is 0 Å². The lowest BCUT2D eigenvalue weighted by Crippen LogP contribution is -2.02. The van der Waals surface area contributed by atoms with Crippen LogP contribution < -0.4 is 14.8 Å².